The van der Waals surface area contributed by atoms with Gasteiger partial charge in [0.1, 0.15) is 0 Å². The van der Waals surface area contributed by atoms with Crippen LogP contribution in [0.1, 0.15) is 64.5 Å². The predicted molar refractivity (Wildman–Crippen MR) is 96.0 cm³/mol. The van der Waals surface area contributed by atoms with Crippen molar-refractivity contribution in [1.29, 1.82) is 0 Å². The second-order valence-corrected chi connectivity index (χ2v) is 7.37. The van der Waals surface area contributed by atoms with E-state index >= 15 is 0 Å². The summed E-state index contributed by atoms with van der Waals surface area (Å²) in [7, 11) is 0. The lowest BCUT2D eigenvalue weighted by Crippen LogP contribution is -2.36. The third-order valence-electron chi connectivity index (χ3n) is 5.25. The Bertz CT molecular complexity index is 461. The van der Waals surface area contributed by atoms with Gasteiger partial charge in [0, 0.05) is 0 Å². The normalized spacial score (nSPS) is 23.1. The van der Waals surface area contributed by atoms with Gasteiger partial charge in [-0.2, -0.15) is 0 Å². The fraction of sp³-hybridized carbons (Fsp3) is 0.619. The summed E-state index contributed by atoms with van der Waals surface area (Å²) in [5.74, 6) is 1.61. The second-order valence-electron chi connectivity index (χ2n) is 7.37. The highest BCUT2D eigenvalue weighted by molar-refractivity contribution is 5.49. The molecule has 1 nitrogen and oxygen atoms in total. The molecule has 0 heterocycles. The van der Waals surface area contributed by atoms with E-state index in [4.69, 9.17) is 4.74 Å². The van der Waals surface area contributed by atoms with Gasteiger partial charge in [-0.05, 0) is 56.1 Å². The quantitative estimate of drug-likeness (QED) is 0.637. The van der Waals surface area contributed by atoms with Crippen LogP contribution in [0.25, 0.3) is 6.08 Å². The van der Waals surface area contributed by atoms with Gasteiger partial charge in [0.05, 0.1) is 12.2 Å². The lowest BCUT2D eigenvalue weighted by atomic mass is 9.75. The molecule has 1 aliphatic rings. The van der Waals surface area contributed by atoms with Crippen LogP contribution in [0.5, 0.6) is 0 Å². The predicted octanol–water partition coefficient (Wildman–Crippen LogP) is 5.88. The third-order valence-corrected chi connectivity index (χ3v) is 5.25. The van der Waals surface area contributed by atoms with E-state index in [0.717, 1.165) is 12.3 Å². The SMILES string of the molecule is CCc1ccc(/C=C/COC(C)(C)C2CCC(C)CC2)cc1. The van der Waals surface area contributed by atoms with Crippen LogP contribution in [0.2, 0.25) is 0 Å². The minimum atomic E-state index is -0.00342. The molecule has 0 radical (unpaired) electrons. The zero-order chi connectivity index (χ0) is 16.0. The van der Waals surface area contributed by atoms with Crippen LogP contribution < -0.4 is 0 Å². The molecule has 0 N–H and O–H groups in total. The van der Waals surface area contributed by atoms with Crippen molar-refractivity contribution < 1.29 is 4.74 Å². The first kappa shape index (κ1) is 17.3. The van der Waals surface area contributed by atoms with Crippen LogP contribution in [0.15, 0.2) is 30.3 Å². The summed E-state index contributed by atoms with van der Waals surface area (Å²) in [5, 5.41) is 0. The zero-order valence-corrected chi connectivity index (χ0v) is 14.8. The lowest BCUT2D eigenvalue weighted by molar-refractivity contribution is -0.0607. The summed E-state index contributed by atoms with van der Waals surface area (Å²) in [5.41, 5.74) is 2.64. The lowest BCUT2D eigenvalue weighted by Gasteiger charge is -2.38. The van der Waals surface area contributed by atoms with Gasteiger partial charge in [0.25, 0.3) is 0 Å². The Kier molecular flexibility index (Phi) is 6.26. The van der Waals surface area contributed by atoms with Crippen LogP contribution in [0, 0.1) is 11.8 Å². The molecule has 1 fully saturated rings. The maximum atomic E-state index is 6.18. The maximum Gasteiger partial charge on any atom is 0.0658 e. The molecule has 1 aromatic carbocycles. The number of hydrogen-bond donors (Lipinski definition) is 0. The molecule has 22 heavy (non-hydrogen) atoms. The van der Waals surface area contributed by atoms with Crippen molar-refractivity contribution in [2.75, 3.05) is 6.61 Å². The van der Waals surface area contributed by atoms with E-state index < -0.39 is 0 Å². The van der Waals surface area contributed by atoms with E-state index in [-0.39, 0.29) is 5.60 Å². The first-order valence-corrected chi connectivity index (χ1v) is 8.90. The molecule has 0 spiro atoms. The smallest absolute Gasteiger partial charge is 0.0658 e. The Labute approximate surface area is 136 Å². The molecule has 0 amide bonds. The van der Waals surface area contributed by atoms with Crippen molar-refractivity contribution in [2.45, 2.75) is 65.4 Å². The molecule has 1 aromatic rings. The van der Waals surface area contributed by atoms with Crippen molar-refractivity contribution >= 4 is 6.08 Å². The Morgan fingerprint density at radius 1 is 1.09 bits per heavy atom. The topological polar surface area (TPSA) is 9.23 Å². The van der Waals surface area contributed by atoms with Crippen LogP contribution in [-0.4, -0.2) is 12.2 Å². The molecule has 2 rings (SSSR count). The number of rotatable bonds is 6. The molecule has 1 saturated carbocycles. The second kappa shape index (κ2) is 7.97. The molecule has 0 aliphatic heterocycles. The van der Waals surface area contributed by atoms with Gasteiger partial charge in [0.15, 0.2) is 0 Å². The summed E-state index contributed by atoms with van der Waals surface area (Å²) in [6, 6.07) is 8.77. The molecule has 1 heteroatoms. The molecule has 0 atom stereocenters. The standard InChI is InChI=1S/C21H32O/c1-5-18-10-12-19(13-11-18)7-6-16-22-21(3,4)20-14-8-17(2)9-15-20/h6-7,10-13,17,20H,5,8-9,14-16H2,1-4H3/b7-6+. The zero-order valence-electron chi connectivity index (χ0n) is 14.8. The number of hydrogen-bond acceptors (Lipinski definition) is 1. The summed E-state index contributed by atoms with van der Waals surface area (Å²) in [6.45, 7) is 9.78. The average molecular weight is 300 g/mol. The number of aryl methyl sites for hydroxylation is 1. The summed E-state index contributed by atoms with van der Waals surface area (Å²) < 4.78 is 6.18. The minimum Gasteiger partial charge on any atom is -0.371 e. The van der Waals surface area contributed by atoms with E-state index in [2.05, 4.69) is 64.1 Å². The number of ether oxygens (including phenoxy) is 1. The van der Waals surface area contributed by atoms with Crippen LogP contribution >= 0.6 is 0 Å². The summed E-state index contributed by atoms with van der Waals surface area (Å²) in [4.78, 5) is 0. The molecule has 0 saturated heterocycles. The van der Waals surface area contributed by atoms with E-state index in [9.17, 15) is 0 Å². The Morgan fingerprint density at radius 2 is 1.73 bits per heavy atom. The fourth-order valence-corrected chi connectivity index (χ4v) is 3.38. The van der Waals surface area contributed by atoms with E-state index in [1.807, 2.05) is 0 Å². The Hall–Kier alpha value is -1.08. The average Bonchev–Trinajstić information content (AvgIpc) is 2.52. The van der Waals surface area contributed by atoms with Crippen molar-refractivity contribution in [1.82, 2.24) is 0 Å². The maximum absolute atomic E-state index is 6.18. The molecular formula is C21H32O. The Morgan fingerprint density at radius 3 is 2.32 bits per heavy atom. The van der Waals surface area contributed by atoms with Crippen LogP contribution in [0.4, 0.5) is 0 Å². The van der Waals surface area contributed by atoms with Crippen molar-refractivity contribution in [2.24, 2.45) is 11.8 Å². The van der Waals surface area contributed by atoms with Gasteiger partial charge in [0.2, 0.25) is 0 Å². The highest BCUT2D eigenvalue weighted by Gasteiger charge is 2.32. The van der Waals surface area contributed by atoms with Gasteiger partial charge in [-0.1, -0.05) is 63.1 Å². The van der Waals surface area contributed by atoms with Crippen molar-refractivity contribution in [3.63, 3.8) is 0 Å². The van der Waals surface area contributed by atoms with Crippen LogP contribution in [-0.2, 0) is 11.2 Å². The van der Waals surface area contributed by atoms with Crippen molar-refractivity contribution in [3.05, 3.63) is 41.5 Å². The third kappa shape index (κ3) is 4.98. The molecular weight excluding hydrogens is 268 g/mol. The molecule has 0 aromatic heterocycles. The van der Waals surface area contributed by atoms with Gasteiger partial charge in [-0.3, -0.25) is 0 Å². The van der Waals surface area contributed by atoms with Gasteiger partial charge in [-0.25, -0.2) is 0 Å². The molecule has 122 valence electrons. The minimum absolute atomic E-state index is 0.00342. The first-order valence-electron chi connectivity index (χ1n) is 8.90. The fourth-order valence-electron chi connectivity index (χ4n) is 3.38. The van der Waals surface area contributed by atoms with Gasteiger partial charge in [-0.15, -0.1) is 0 Å². The van der Waals surface area contributed by atoms with E-state index in [1.165, 1.54) is 36.8 Å². The van der Waals surface area contributed by atoms with Crippen LogP contribution in [0.3, 0.4) is 0 Å². The molecule has 1 aliphatic carbocycles. The van der Waals surface area contributed by atoms with Crippen molar-refractivity contribution in [3.8, 4) is 0 Å². The molecule has 0 unspecified atom stereocenters. The first-order chi connectivity index (χ1) is 10.5. The van der Waals surface area contributed by atoms with E-state index in [0.29, 0.717) is 12.5 Å². The van der Waals surface area contributed by atoms with Gasteiger partial charge >= 0.3 is 0 Å². The highest BCUT2D eigenvalue weighted by atomic mass is 16.5. The Balaban J connectivity index is 1.79. The summed E-state index contributed by atoms with van der Waals surface area (Å²) in [6.07, 6.45) is 10.8. The van der Waals surface area contributed by atoms with E-state index in [1.54, 1.807) is 0 Å². The highest BCUT2D eigenvalue weighted by Crippen LogP contribution is 2.36. The summed E-state index contributed by atoms with van der Waals surface area (Å²) >= 11 is 0. The molecule has 0 bridgehead atoms. The monoisotopic (exact) mass is 300 g/mol. The van der Waals surface area contributed by atoms with Gasteiger partial charge < -0.3 is 4.74 Å². The largest absolute Gasteiger partial charge is 0.371 e. The number of benzene rings is 1.